The van der Waals surface area contributed by atoms with Crippen LogP contribution in [0.1, 0.15) is 31.4 Å². The van der Waals surface area contributed by atoms with Gasteiger partial charge in [-0.1, -0.05) is 0 Å². The summed E-state index contributed by atoms with van der Waals surface area (Å²) in [5.74, 6) is 0.492. The summed E-state index contributed by atoms with van der Waals surface area (Å²) in [4.78, 5) is 29.3. The second-order valence-corrected chi connectivity index (χ2v) is 8.19. The van der Waals surface area contributed by atoms with Crippen molar-refractivity contribution in [3.8, 4) is 5.69 Å². The normalized spacial score (nSPS) is 18.0. The molecule has 1 N–H and O–H groups in total. The van der Waals surface area contributed by atoms with E-state index in [1.54, 1.807) is 22.9 Å². The number of piperidine rings is 1. The van der Waals surface area contributed by atoms with Crippen molar-refractivity contribution in [2.24, 2.45) is 5.92 Å². The summed E-state index contributed by atoms with van der Waals surface area (Å²) in [5.41, 5.74) is 1.44. The van der Waals surface area contributed by atoms with Crippen molar-refractivity contribution in [1.82, 2.24) is 19.6 Å². The maximum Gasteiger partial charge on any atom is 0.239 e. The molecule has 0 atom stereocenters. The molecule has 0 spiro atoms. The molecule has 2 fully saturated rings. The van der Waals surface area contributed by atoms with Crippen molar-refractivity contribution < 1.29 is 14.0 Å². The van der Waals surface area contributed by atoms with E-state index in [0.29, 0.717) is 11.5 Å². The van der Waals surface area contributed by atoms with Crippen molar-refractivity contribution in [3.63, 3.8) is 0 Å². The fourth-order valence-electron chi connectivity index (χ4n) is 4.29. The molecule has 0 saturated carbocycles. The van der Waals surface area contributed by atoms with Gasteiger partial charge >= 0.3 is 0 Å². The summed E-state index contributed by atoms with van der Waals surface area (Å²) >= 11 is 0. The Hall–Kier alpha value is -2.74. The lowest BCUT2D eigenvalue weighted by Gasteiger charge is -2.32. The number of aryl methyl sites for hydroxylation is 1. The van der Waals surface area contributed by atoms with Crippen LogP contribution in [-0.2, 0) is 9.59 Å². The Balaban J connectivity index is 1.31. The van der Waals surface area contributed by atoms with Gasteiger partial charge in [0.25, 0.3) is 0 Å². The highest BCUT2D eigenvalue weighted by Crippen LogP contribution is 2.22. The van der Waals surface area contributed by atoms with Gasteiger partial charge in [0.15, 0.2) is 0 Å². The minimum atomic E-state index is -0.320. The number of aromatic nitrogens is 2. The molecule has 4 rings (SSSR count). The highest BCUT2D eigenvalue weighted by Gasteiger charge is 2.30. The SMILES string of the molecule is Cc1cc(NC(=O)CN2CCC(C(=O)N3CCCC3)CC2)n(-c2ccc(F)cc2)n1. The first-order valence-electron chi connectivity index (χ1n) is 10.6. The Morgan fingerprint density at radius 2 is 1.77 bits per heavy atom. The molecule has 0 aliphatic carbocycles. The van der Waals surface area contributed by atoms with Crippen LogP contribution in [0.25, 0.3) is 5.69 Å². The van der Waals surface area contributed by atoms with Crippen LogP contribution in [0.5, 0.6) is 0 Å². The van der Waals surface area contributed by atoms with Gasteiger partial charge in [0.05, 0.1) is 17.9 Å². The van der Waals surface area contributed by atoms with Crippen molar-refractivity contribution in [1.29, 1.82) is 0 Å². The van der Waals surface area contributed by atoms with Crippen molar-refractivity contribution in [3.05, 3.63) is 41.8 Å². The number of hydrogen-bond donors (Lipinski definition) is 1. The fourth-order valence-corrected chi connectivity index (χ4v) is 4.29. The van der Waals surface area contributed by atoms with E-state index in [0.717, 1.165) is 57.6 Å². The number of carbonyl (C=O) groups excluding carboxylic acids is 2. The van der Waals surface area contributed by atoms with E-state index in [2.05, 4.69) is 15.3 Å². The molecule has 8 heteroatoms. The highest BCUT2D eigenvalue weighted by molar-refractivity contribution is 5.91. The highest BCUT2D eigenvalue weighted by atomic mass is 19.1. The molecule has 30 heavy (non-hydrogen) atoms. The summed E-state index contributed by atoms with van der Waals surface area (Å²) in [7, 11) is 0. The lowest BCUT2D eigenvalue weighted by atomic mass is 9.95. The number of benzene rings is 1. The maximum absolute atomic E-state index is 13.2. The van der Waals surface area contributed by atoms with Crippen molar-refractivity contribution in [2.45, 2.75) is 32.6 Å². The number of hydrogen-bond acceptors (Lipinski definition) is 4. The number of amides is 2. The number of nitrogens with one attached hydrogen (secondary N) is 1. The zero-order valence-electron chi connectivity index (χ0n) is 17.3. The largest absolute Gasteiger partial charge is 0.342 e. The molecule has 0 unspecified atom stereocenters. The summed E-state index contributed by atoms with van der Waals surface area (Å²) in [6, 6.07) is 7.78. The van der Waals surface area contributed by atoms with Crippen LogP contribution in [0.3, 0.4) is 0 Å². The van der Waals surface area contributed by atoms with Gasteiger partial charge in [-0.2, -0.15) is 5.10 Å². The van der Waals surface area contributed by atoms with Gasteiger partial charge in [-0.25, -0.2) is 9.07 Å². The monoisotopic (exact) mass is 413 g/mol. The molecule has 2 aromatic rings. The summed E-state index contributed by atoms with van der Waals surface area (Å²) in [6.07, 6.45) is 3.82. The first-order valence-corrected chi connectivity index (χ1v) is 10.6. The Kier molecular flexibility index (Phi) is 6.13. The fraction of sp³-hybridized carbons (Fsp3) is 0.500. The van der Waals surface area contributed by atoms with Gasteiger partial charge in [-0.05, 0) is 70.0 Å². The molecule has 2 aliphatic rings. The van der Waals surface area contributed by atoms with E-state index in [1.807, 2.05) is 11.8 Å². The minimum Gasteiger partial charge on any atom is -0.342 e. The summed E-state index contributed by atoms with van der Waals surface area (Å²) < 4.78 is 14.8. The smallest absolute Gasteiger partial charge is 0.239 e. The molecule has 2 amide bonds. The van der Waals surface area contributed by atoms with Gasteiger partial charge < -0.3 is 10.2 Å². The molecular weight excluding hydrogens is 385 g/mol. The van der Waals surface area contributed by atoms with E-state index in [9.17, 15) is 14.0 Å². The number of rotatable bonds is 5. The Labute approximate surface area is 175 Å². The molecule has 3 heterocycles. The van der Waals surface area contributed by atoms with E-state index in [1.165, 1.54) is 12.1 Å². The third kappa shape index (κ3) is 4.70. The molecular formula is C22H28FN5O2. The second-order valence-electron chi connectivity index (χ2n) is 8.19. The predicted molar refractivity (Wildman–Crippen MR) is 112 cm³/mol. The van der Waals surface area contributed by atoms with Gasteiger partial charge in [0.1, 0.15) is 11.6 Å². The number of carbonyl (C=O) groups is 2. The quantitative estimate of drug-likeness (QED) is 0.818. The van der Waals surface area contributed by atoms with Crippen LogP contribution in [0, 0.1) is 18.7 Å². The summed E-state index contributed by atoms with van der Waals surface area (Å²) in [5, 5.41) is 7.32. The average Bonchev–Trinajstić information content (AvgIpc) is 3.39. The zero-order chi connectivity index (χ0) is 21.1. The Morgan fingerprint density at radius 3 is 2.43 bits per heavy atom. The first kappa shape index (κ1) is 20.5. The zero-order valence-corrected chi connectivity index (χ0v) is 17.3. The second kappa shape index (κ2) is 8.95. The average molecular weight is 413 g/mol. The van der Waals surface area contributed by atoms with Gasteiger partial charge in [-0.15, -0.1) is 0 Å². The number of nitrogens with zero attached hydrogens (tertiary/aromatic N) is 4. The molecule has 0 bridgehead atoms. The molecule has 7 nitrogen and oxygen atoms in total. The molecule has 1 aromatic carbocycles. The minimum absolute atomic E-state index is 0.0879. The van der Waals surface area contributed by atoms with Gasteiger partial charge in [0.2, 0.25) is 11.8 Å². The van der Waals surface area contributed by atoms with Gasteiger partial charge in [0, 0.05) is 25.1 Å². The molecule has 0 radical (unpaired) electrons. The Morgan fingerprint density at radius 1 is 1.10 bits per heavy atom. The van der Waals surface area contributed by atoms with Gasteiger partial charge in [-0.3, -0.25) is 14.5 Å². The number of halogens is 1. The topological polar surface area (TPSA) is 70.5 Å². The van der Waals surface area contributed by atoms with Crippen molar-refractivity contribution in [2.75, 3.05) is 38.0 Å². The van der Waals surface area contributed by atoms with Crippen molar-refractivity contribution >= 4 is 17.6 Å². The number of likely N-dealkylation sites (tertiary alicyclic amines) is 2. The van der Waals surface area contributed by atoms with Crippen LogP contribution in [0.15, 0.2) is 30.3 Å². The van der Waals surface area contributed by atoms with E-state index in [4.69, 9.17) is 0 Å². The van der Waals surface area contributed by atoms with Crippen LogP contribution in [-0.4, -0.2) is 64.1 Å². The lowest BCUT2D eigenvalue weighted by Crippen LogP contribution is -2.44. The molecule has 2 saturated heterocycles. The van der Waals surface area contributed by atoms with E-state index < -0.39 is 0 Å². The molecule has 1 aromatic heterocycles. The molecule has 160 valence electrons. The lowest BCUT2D eigenvalue weighted by molar-refractivity contribution is -0.136. The van der Waals surface area contributed by atoms with Crippen LogP contribution in [0.2, 0.25) is 0 Å². The van der Waals surface area contributed by atoms with E-state index in [-0.39, 0.29) is 30.1 Å². The number of anilines is 1. The standard InChI is InChI=1S/C22H28FN5O2/c1-16-14-20(28(25-16)19-6-4-18(23)5-7-19)24-21(29)15-26-12-8-17(9-13-26)22(30)27-10-2-3-11-27/h4-7,14,17H,2-3,8-13,15H2,1H3,(H,24,29). The molecule has 2 aliphatic heterocycles. The summed E-state index contributed by atoms with van der Waals surface area (Å²) in [6.45, 7) is 5.39. The van der Waals surface area contributed by atoms with Crippen LogP contribution < -0.4 is 5.32 Å². The third-order valence-corrected chi connectivity index (χ3v) is 5.89. The third-order valence-electron chi connectivity index (χ3n) is 5.89. The first-order chi connectivity index (χ1) is 14.5. The van der Waals surface area contributed by atoms with Crippen LogP contribution in [0.4, 0.5) is 10.2 Å². The maximum atomic E-state index is 13.2. The Bertz CT molecular complexity index is 897. The van der Waals surface area contributed by atoms with Crippen LogP contribution >= 0.6 is 0 Å². The van der Waals surface area contributed by atoms with E-state index >= 15 is 0 Å². The predicted octanol–water partition coefficient (Wildman–Crippen LogP) is 2.59.